The summed E-state index contributed by atoms with van der Waals surface area (Å²) in [5.41, 5.74) is 0. The first kappa shape index (κ1) is 76.1. The highest BCUT2D eigenvalue weighted by atomic mass is 16.6. The molecule has 84 heavy (non-hydrogen) atoms. The fourth-order valence-corrected chi connectivity index (χ4v) is 9.40. The number of carboxylic acid groups (broad SMARTS) is 6. The first-order valence-electron chi connectivity index (χ1n) is 28.9. The monoisotopic (exact) mass is 1220 g/mol. The minimum atomic E-state index is -1.06. The Kier molecular flexibility index (Phi) is 43.6. The van der Waals surface area contributed by atoms with Crippen molar-refractivity contribution in [1.29, 1.82) is 0 Å². The molecule has 0 saturated carbocycles. The van der Waals surface area contributed by atoms with E-state index in [0.717, 1.165) is 0 Å². The Bertz CT molecular complexity index is 1590. The lowest BCUT2D eigenvalue weighted by Gasteiger charge is -2.35. The second-order valence-electron chi connectivity index (χ2n) is 20.7. The van der Waals surface area contributed by atoms with Crippen molar-refractivity contribution < 1.29 is 108 Å². The summed E-state index contributed by atoms with van der Waals surface area (Å²) in [5, 5.41) is 99.8. The fraction of sp³-hybridized carbons (Fsp3) is 0.885. The van der Waals surface area contributed by atoms with Gasteiger partial charge in [-0.05, 0) is 0 Å². The van der Waals surface area contributed by atoms with E-state index in [0.29, 0.717) is 78.8 Å². The summed E-state index contributed by atoms with van der Waals surface area (Å²) in [6.45, 7) is 7.41. The molecule has 0 aromatic carbocycles. The predicted molar refractivity (Wildman–Crippen MR) is 301 cm³/mol. The van der Waals surface area contributed by atoms with E-state index >= 15 is 0 Å². The van der Waals surface area contributed by atoms with Crippen LogP contribution < -0.4 is 0 Å². The molecule has 0 spiro atoms. The number of aliphatic hydroxyl groups is 4. The molecule has 0 amide bonds. The van der Waals surface area contributed by atoms with Crippen LogP contribution in [0.25, 0.3) is 0 Å². The standard InChI is InChI=1S/C52H100N10O22/c63-21-25-81-29-33-83-31-27-79-23-19-61(37-45(65)35-53-1-5-55(39-47(67)68)9-13-59(43-51(75)76)14-10-56(6-2-53)40-48(69)70)17-18-62(20-24-80-28-32-84-34-30-82-26-22-64)38-46(66)36-54-3-7-57(41-49(71)72)11-15-60(44-52(77)78)16-12-58(8-4-54)42-50(73)74/h45-46,63-66H,1-44H2,(H,67,68)(H,69,70)(H,71,72)(H,73,74)(H,75,76)(H,77,78). The molecule has 32 heteroatoms. The van der Waals surface area contributed by atoms with Gasteiger partial charge in [0, 0.05) is 157 Å². The van der Waals surface area contributed by atoms with E-state index in [-0.39, 0.29) is 210 Å². The first-order valence-corrected chi connectivity index (χ1v) is 28.9. The molecule has 0 radical (unpaired) electrons. The van der Waals surface area contributed by atoms with Gasteiger partial charge in [-0.2, -0.15) is 0 Å². The van der Waals surface area contributed by atoms with Crippen LogP contribution in [0.2, 0.25) is 0 Å². The number of carbonyl (C=O) groups is 6. The van der Waals surface area contributed by atoms with Crippen LogP contribution in [0.4, 0.5) is 0 Å². The van der Waals surface area contributed by atoms with Gasteiger partial charge in [-0.15, -0.1) is 0 Å². The molecule has 2 aliphatic heterocycles. The second kappa shape index (κ2) is 48.1. The van der Waals surface area contributed by atoms with Crippen LogP contribution in [0.1, 0.15) is 0 Å². The van der Waals surface area contributed by atoms with Gasteiger partial charge in [-0.1, -0.05) is 0 Å². The maximum atomic E-state index is 11.9. The number of ether oxygens (including phenoxy) is 6. The van der Waals surface area contributed by atoms with E-state index in [1.54, 1.807) is 29.4 Å². The van der Waals surface area contributed by atoms with Gasteiger partial charge in [0.1, 0.15) is 0 Å². The molecule has 32 nitrogen and oxygen atoms in total. The number of aliphatic carboxylic acids is 6. The SMILES string of the molecule is O=C(O)CN1CCN(CC(=O)O)CCN(CC(O)CN(CCOCCOCCOCCO)CCN(CCOCCOCCOCCO)CC(O)CN2CCN(CC(=O)O)CCN(CC(=O)O)CCN(CC(=O)O)CC2)CCN(CC(=O)O)CC1. The maximum Gasteiger partial charge on any atom is 0.317 e. The summed E-state index contributed by atoms with van der Waals surface area (Å²) in [6.07, 6.45) is -1.95. The number of aliphatic hydroxyl groups excluding tert-OH is 4. The van der Waals surface area contributed by atoms with Crippen molar-refractivity contribution in [2.24, 2.45) is 0 Å². The zero-order valence-corrected chi connectivity index (χ0v) is 49.1. The van der Waals surface area contributed by atoms with E-state index in [4.69, 9.17) is 38.6 Å². The molecule has 0 aliphatic carbocycles. The van der Waals surface area contributed by atoms with Gasteiger partial charge in [0.15, 0.2) is 0 Å². The third kappa shape index (κ3) is 42.0. The van der Waals surface area contributed by atoms with Gasteiger partial charge in [0.25, 0.3) is 0 Å². The van der Waals surface area contributed by atoms with Crippen LogP contribution in [0.15, 0.2) is 0 Å². The van der Waals surface area contributed by atoms with Crippen LogP contribution in [0, 0.1) is 0 Å². The Morgan fingerprint density at radius 1 is 0.298 bits per heavy atom. The van der Waals surface area contributed by atoms with E-state index in [1.807, 2.05) is 19.6 Å². The highest BCUT2D eigenvalue weighted by Crippen LogP contribution is 2.08. The molecular weight excluding hydrogens is 1120 g/mol. The number of hydrogen-bond donors (Lipinski definition) is 10. The molecule has 10 N–H and O–H groups in total. The largest absolute Gasteiger partial charge is 0.480 e. The van der Waals surface area contributed by atoms with Crippen molar-refractivity contribution in [3.63, 3.8) is 0 Å². The van der Waals surface area contributed by atoms with Gasteiger partial charge < -0.3 is 79.5 Å². The van der Waals surface area contributed by atoms with E-state index in [1.165, 1.54) is 0 Å². The summed E-state index contributed by atoms with van der Waals surface area (Å²) in [5.74, 6) is -6.35. The zero-order valence-electron chi connectivity index (χ0n) is 49.1. The van der Waals surface area contributed by atoms with Crippen LogP contribution >= 0.6 is 0 Å². The molecule has 2 fully saturated rings. The van der Waals surface area contributed by atoms with Crippen molar-refractivity contribution in [2.75, 3.05) is 289 Å². The lowest BCUT2D eigenvalue weighted by Crippen LogP contribution is -2.51. The number of nitrogens with zero attached hydrogens (tertiary/aromatic N) is 10. The average molecular weight is 1220 g/mol. The van der Waals surface area contributed by atoms with Crippen LogP contribution in [-0.4, -0.2) is 437 Å². The number of β-amino-alcohol motifs (C(OH)–C–C–N with tert-alkyl or cyclic N) is 2. The highest BCUT2D eigenvalue weighted by molar-refractivity contribution is 5.71. The molecule has 0 bridgehead atoms. The van der Waals surface area contributed by atoms with Crippen molar-refractivity contribution in [2.45, 2.75) is 12.2 Å². The molecule has 2 heterocycles. The van der Waals surface area contributed by atoms with Crippen molar-refractivity contribution in [1.82, 2.24) is 49.0 Å². The summed E-state index contributed by atoms with van der Waals surface area (Å²) in [7, 11) is 0. The molecule has 2 rings (SSSR count). The van der Waals surface area contributed by atoms with Gasteiger partial charge in [0.05, 0.1) is 144 Å². The summed E-state index contributed by atoms with van der Waals surface area (Å²) < 4.78 is 33.6. The van der Waals surface area contributed by atoms with Crippen molar-refractivity contribution in [3.05, 3.63) is 0 Å². The Balaban J connectivity index is 2.38. The molecular formula is C52H100N10O22. The molecule has 0 aromatic heterocycles. The summed E-state index contributed by atoms with van der Waals surface area (Å²) in [6, 6.07) is 0. The third-order valence-corrected chi connectivity index (χ3v) is 13.7. The normalized spacial score (nSPS) is 18.2. The second-order valence-corrected chi connectivity index (χ2v) is 20.7. The van der Waals surface area contributed by atoms with E-state index < -0.39 is 48.0 Å². The lowest BCUT2D eigenvalue weighted by molar-refractivity contribution is -0.140. The van der Waals surface area contributed by atoms with Gasteiger partial charge >= 0.3 is 35.8 Å². The zero-order chi connectivity index (χ0) is 61.7. The Hall–Kier alpha value is -3.98. The fourth-order valence-electron chi connectivity index (χ4n) is 9.40. The highest BCUT2D eigenvalue weighted by Gasteiger charge is 2.26. The number of rotatable bonds is 45. The van der Waals surface area contributed by atoms with Crippen molar-refractivity contribution in [3.8, 4) is 0 Å². The molecule has 0 aromatic rings. The van der Waals surface area contributed by atoms with E-state index in [2.05, 4.69) is 0 Å². The number of carboxylic acids is 6. The Morgan fingerprint density at radius 3 is 0.690 bits per heavy atom. The lowest BCUT2D eigenvalue weighted by atomic mass is 10.2. The van der Waals surface area contributed by atoms with Crippen LogP contribution in [0.3, 0.4) is 0 Å². The quantitative estimate of drug-likeness (QED) is 0.0253. The summed E-state index contributed by atoms with van der Waals surface area (Å²) >= 11 is 0. The van der Waals surface area contributed by atoms with Crippen LogP contribution in [0.5, 0.6) is 0 Å². The molecule has 2 atom stereocenters. The van der Waals surface area contributed by atoms with E-state index in [9.17, 15) is 69.6 Å². The number of hydrogen-bond acceptors (Lipinski definition) is 26. The summed E-state index contributed by atoms with van der Waals surface area (Å²) in [4.78, 5) is 89.2. The smallest absolute Gasteiger partial charge is 0.317 e. The predicted octanol–water partition coefficient (Wildman–Crippen LogP) is -6.65. The molecule has 2 saturated heterocycles. The molecule has 490 valence electrons. The Labute approximate surface area is 493 Å². The van der Waals surface area contributed by atoms with Gasteiger partial charge in [-0.25, -0.2) is 0 Å². The maximum absolute atomic E-state index is 11.9. The minimum absolute atomic E-state index is 0.0999. The van der Waals surface area contributed by atoms with Crippen molar-refractivity contribution >= 4 is 35.8 Å². The molecule has 2 aliphatic rings. The van der Waals surface area contributed by atoms with Gasteiger partial charge in [-0.3, -0.25) is 77.8 Å². The van der Waals surface area contributed by atoms with Gasteiger partial charge in [0.2, 0.25) is 0 Å². The van der Waals surface area contributed by atoms with Crippen LogP contribution in [-0.2, 0) is 57.2 Å². The first-order chi connectivity index (χ1) is 40.3. The third-order valence-electron chi connectivity index (χ3n) is 13.7. The Morgan fingerprint density at radius 2 is 0.488 bits per heavy atom. The topological polar surface area (TPSA) is 392 Å². The molecule has 2 unspecified atom stereocenters. The minimum Gasteiger partial charge on any atom is -0.480 e. The average Bonchev–Trinajstić information content (AvgIpc) is 3.58.